The van der Waals surface area contributed by atoms with Crippen LogP contribution in [0.2, 0.25) is 0 Å². The van der Waals surface area contributed by atoms with Crippen LogP contribution in [0.4, 0.5) is 0 Å². The molecule has 0 aliphatic carbocycles. The highest BCUT2D eigenvalue weighted by Crippen LogP contribution is 2.16. The summed E-state index contributed by atoms with van der Waals surface area (Å²) in [6, 6.07) is 0.248. The van der Waals surface area contributed by atoms with Gasteiger partial charge < -0.3 is 10.2 Å². The first-order valence-corrected chi connectivity index (χ1v) is 9.17. The van der Waals surface area contributed by atoms with E-state index in [4.69, 9.17) is 0 Å². The molecule has 1 aliphatic heterocycles. The van der Waals surface area contributed by atoms with Gasteiger partial charge in [0.05, 0.1) is 11.5 Å². The molecule has 0 aromatic carbocycles. The van der Waals surface area contributed by atoms with E-state index in [1.807, 2.05) is 0 Å². The first kappa shape index (κ1) is 16.9. The summed E-state index contributed by atoms with van der Waals surface area (Å²) in [5.74, 6) is 0.729. The topological polar surface area (TPSA) is 49.4 Å². The molecule has 1 saturated heterocycles. The van der Waals surface area contributed by atoms with Crippen molar-refractivity contribution >= 4 is 9.84 Å². The van der Waals surface area contributed by atoms with Crippen molar-refractivity contribution in [2.45, 2.75) is 58.0 Å². The van der Waals surface area contributed by atoms with E-state index in [9.17, 15) is 8.42 Å². The molecule has 0 saturated carbocycles. The van der Waals surface area contributed by atoms with E-state index in [-0.39, 0.29) is 11.6 Å². The molecule has 114 valence electrons. The Balaban J connectivity index is 2.07. The standard InChI is InChI=1S/C14H30N2O2S/c1-14(2,3)15-9-6-5-7-10-16(4)13-8-11-19(17,18)12-13/h13,15H,5-12H2,1-4H3. The van der Waals surface area contributed by atoms with Crippen LogP contribution in [0.25, 0.3) is 0 Å². The Bertz CT molecular complexity index is 360. The van der Waals surface area contributed by atoms with Gasteiger partial charge in [-0.1, -0.05) is 6.42 Å². The van der Waals surface area contributed by atoms with Crippen molar-refractivity contribution in [2.75, 3.05) is 31.6 Å². The first-order valence-electron chi connectivity index (χ1n) is 7.35. The minimum atomic E-state index is -2.75. The van der Waals surface area contributed by atoms with Crippen LogP contribution in [0.3, 0.4) is 0 Å². The first-order chi connectivity index (χ1) is 8.70. The van der Waals surface area contributed by atoms with Crippen molar-refractivity contribution < 1.29 is 8.42 Å². The molecule has 0 radical (unpaired) electrons. The number of rotatable bonds is 7. The summed E-state index contributed by atoms with van der Waals surface area (Å²) in [6.07, 6.45) is 4.35. The largest absolute Gasteiger partial charge is 0.312 e. The zero-order valence-electron chi connectivity index (χ0n) is 12.9. The second-order valence-corrected chi connectivity index (χ2v) is 9.00. The number of nitrogens with zero attached hydrogens (tertiary/aromatic N) is 1. The van der Waals surface area contributed by atoms with Gasteiger partial charge in [-0.25, -0.2) is 8.42 Å². The molecule has 1 heterocycles. The summed E-state index contributed by atoms with van der Waals surface area (Å²) < 4.78 is 22.8. The van der Waals surface area contributed by atoms with Crippen molar-refractivity contribution in [1.29, 1.82) is 0 Å². The zero-order chi connectivity index (χ0) is 14.5. The molecule has 0 aromatic heterocycles. The molecule has 0 amide bonds. The molecule has 19 heavy (non-hydrogen) atoms. The van der Waals surface area contributed by atoms with Crippen molar-refractivity contribution in [3.8, 4) is 0 Å². The van der Waals surface area contributed by atoms with Crippen molar-refractivity contribution in [3.63, 3.8) is 0 Å². The predicted octanol–water partition coefficient (Wildman–Crippen LogP) is 1.66. The Kier molecular flexibility index (Phi) is 6.27. The van der Waals surface area contributed by atoms with Crippen LogP contribution in [-0.2, 0) is 9.84 Å². The van der Waals surface area contributed by atoms with Crippen LogP contribution in [-0.4, -0.2) is 56.5 Å². The lowest BCUT2D eigenvalue weighted by atomic mass is 10.1. The second kappa shape index (κ2) is 7.04. The summed E-state index contributed by atoms with van der Waals surface area (Å²) >= 11 is 0. The average Bonchev–Trinajstić information content (AvgIpc) is 2.62. The lowest BCUT2D eigenvalue weighted by Crippen LogP contribution is -2.36. The van der Waals surface area contributed by atoms with E-state index in [0.29, 0.717) is 11.5 Å². The lowest BCUT2D eigenvalue weighted by Gasteiger charge is -2.23. The van der Waals surface area contributed by atoms with Gasteiger partial charge in [0.25, 0.3) is 0 Å². The maximum atomic E-state index is 11.4. The molecule has 1 aliphatic rings. The fourth-order valence-corrected chi connectivity index (χ4v) is 4.24. The number of hydrogen-bond donors (Lipinski definition) is 1. The zero-order valence-corrected chi connectivity index (χ0v) is 13.7. The quantitative estimate of drug-likeness (QED) is 0.725. The SMILES string of the molecule is CN(CCCCCNC(C)(C)C)C1CCS(=O)(=O)C1. The number of unbranched alkanes of at least 4 members (excludes halogenated alkanes) is 2. The minimum Gasteiger partial charge on any atom is -0.312 e. The van der Waals surface area contributed by atoms with Gasteiger partial charge in [0.1, 0.15) is 0 Å². The lowest BCUT2D eigenvalue weighted by molar-refractivity contribution is 0.255. The molecule has 4 nitrogen and oxygen atoms in total. The summed E-state index contributed by atoms with van der Waals surface area (Å²) in [7, 11) is -0.693. The van der Waals surface area contributed by atoms with Crippen molar-refractivity contribution in [2.24, 2.45) is 0 Å². The van der Waals surface area contributed by atoms with Crippen LogP contribution >= 0.6 is 0 Å². The van der Waals surface area contributed by atoms with Crippen molar-refractivity contribution in [1.82, 2.24) is 10.2 Å². The normalized spacial score (nSPS) is 23.1. The molecule has 1 rings (SSSR count). The fourth-order valence-electron chi connectivity index (χ4n) is 2.43. The Morgan fingerprint density at radius 2 is 1.89 bits per heavy atom. The van der Waals surface area contributed by atoms with E-state index in [1.165, 1.54) is 12.8 Å². The molecular formula is C14H30N2O2S. The Morgan fingerprint density at radius 3 is 2.42 bits per heavy atom. The number of sulfone groups is 1. The van der Waals surface area contributed by atoms with Gasteiger partial charge in [0.15, 0.2) is 9.84 Å². The minimum absolute atomic E-state index is 0.203. The molecule has 0 spiro atoms. The Labute approximate surface area is 118 Å². The highest BCUT2D eigenvalue weighted by atomic mass is 32.2. The van der Waals surface area contributed by atoms with Crippen LogP contribution in [0.1, 0.15) is 46.5 Å². The molecule has 1 N–H and O–H groups in total. The summed E-state index contributed by atoms with van der Waals surface area (Å²) in [5, 5.41) is 3.48. The maximum absolute atomic E-state index is 11.4. The van der Waals surface area contributed by atoms with Gasteiger partial charge in [-0.2, -0.15) is 0 Å². The van der Waals surface area contributed by atoms with Gasteiger partial charge in [-0.05, 0) is 60.2 Å². The van der Waals surface area contributed by atoms with Crippen LogP contribution in [0, 0.1) is 0 Å². The number of nitrogens with one attached hydrogen (secondary N) is 1. The second-order valence-electron chi connectivity index (χ2n) is 6.77. The highest BCUT2D eigenvalue weighted by molar-refractivity contribution is 7.91. The third-order valence-electron chi connectivity index (χ3n) is 3.67. The van der Waals surface area contributed by atoms with Gasteiger partial charge in [0, 0.05) is 11.6 Å². The maximum Gasteiger partial charge on any atom is 0.151 e. The summed E-state index contributed by atoms with van der Waals surface area (Å²) in [5.41, 5.74) is 0.203. The van der Waals surface area contributed by atoms with E-state index in [0.717, 1.165) is 25.9 Å². The Morgan fingerprint density at radius 1 is 1.21 bits per heavy atom. The van der Waals surface area contributed by atoms with Gasteiger partial charge >= 0.3 is 0 Å². The van der Waals surface area contributed by atoms with Gasteiger partial charge in [-0.15, -0.1) is 0 Å². The van der Waals surface area contributed by atoms with Crippen LogP contribution in [0.15, 0.2) is 0 Å². The van der Waals surface area contributed by atoms with Gasteiger partial charge in [0.2, 0.25) is 0 Å². The average molecular weight is 290 g/mol. The Hall–Kier alpha value is -0.130. The van der Waals surface area contributed by atoms with E-state index >= 15 is 0 Å². The summed E-state index contributed by atoms with van der Waals surface area (Å²) in [6.45, 7) is 8.62. The highest BCUT2D eigenvalue weighted by Gasteiger charge is 2.30. The van der Waals surface area contributed by atoms with Crippen molar-refractivity contribution in [3.05, 3.63) is 0 Å². The van der Waals surface area contributed by atoms with Crippen LogP contribution < -0.4 is 5.32 Å². The monoisotopic (exact) mass is 290 g/mol. The predicted molar refractivity (Wildman–Crippen MR) is 81.3 cm³/mol. The fraction of sp³-hybridized carbons (Fsp3) is 1.00. The molecule has 0 aromatic rings. The molecule has 1 fully saturated rings. The summed E-state index contributed by atoms with van der Waals surface area (Å²) in [4.78, 5) is 2.22. The van der Waals surface area contributed by atoms with E-state index in [1.54, 1.807) is 0 Å². The molecule has 1 unspecified atom stereocenters. The molecule has 5 heteroatoms. The third-order valence-corrected chi connectivity index (χ3v) is 5.43. The van der Waals surface area contributed by atoms with Gasteiger partial charge in [-0.3, -0.25) is 0 Å². The van der Waals surface area contributed by atoms with E-state index < -0.39 is 9.84 Å². The molecule has 0 bridgehead atoms. The number of hydrogen-bond acceptors (Lipinski definition) is 4. The third kappa shape index (κ3) is 7.28. The molecule has 1 atom stereocenters. The van der Waals surface area contributed by atoms with E-state index in [2.05, 4.69) is 38.0 Å². The molecular weight excluding hydrogens is 260 g/mol. The van der Waals surface area contributed by atoms with Crippen LogP contribution in [0.5, 0.6) is 0 Å². The smallest absolute Gasteiger partial charge is 0.151 e.